The van der Waals surface area contributed by atoms with Crippen LogP contribution in [0.15, 0.2) is 29.0 Å². The largest absolute Gasteiger partial charge is 0.487 e. The summed E-state index contributed by atoms with van der Waals surface area (Å²) in [5.41, 5.74) is 2.12. The molecule has 0 radical (unpaired) electrons. The molecule has 102 valence electrons. The second-order valence-electron chi connectivity index (χ2n) is 4.08. The zero-order chi connectivity index (χ0) is 13.7. The third kappa shape index (κ3) is 4.11. The lowest BCUT2D eigenvalue weighted by Gasteiger charge is -2.13. The van der Waals surface area contributed by atoms with Gasteiger partial charge in [-0.1, -0.05) is 30.1 Å². The smallest absolute Gasteiger partial charge is 0.142 e. The number of nitrogens with one attached hydrogen (secondary N) is 1. The molecule has 0 aliphatic carbocycles. The third-order valence-corrected chi connectivity index (χ3v) is 3.85. The summed E-state index contributed by atoms with van der Waals surface area (Å²) in [6.45, 7) is 4.14. The molecule has 0 saturated heterocycles. The van der Waals surface area contributed by atoms with E-state index in [4.69, 9.17) is 27.9 Å². The predicted octanol–water partition coefficient (Wildman–Crippen LogP) is 4.74. The number of hydrogen-bond donors (Lipinski definition) is 1. The monoisotopic (exact) mass is 315 g/mol. The van der Waals surface area contributed by atoms with Crippen LogP contribution in [0.25, 0.3) is 0 Å². The zero-order valence-electron chi connectivity index (χ0n) is 10.6. The van der Waals surface area contributed by atoms with Crippen molar-refractivity contribution in [3.8, 4) is 5.75 Å². The van der Waals surface area contributed by atoms with E-state index in [2.05, 4.69) is 17.6 Å². The van der Waals surface area contributed by atoms with Crippen LogP contribution >= 0.6 is 34.5 Å². The van der Waals surface area contributed by atoms with E-state index in [0.29, 0.717) is 28.9 Å². The summed E-state index contributed by atoms with van der Waals surface area (Å²) in [4.78, 5) is 0. The number of ether oxygens (including phenoxy) is 1. The lowest BCUT2D eigenvalue weighted by atomic mass is 10.2. The van der Waals surface area contributed by atoms with Gasteiger partial charge < -0.3 is 10.1 Å². The van der Waals surface area contributed by atoms with Gasteiger partial charge in [0, 0.05) is 17.1 Å². The van der Waals surface area contributed by atoms with Crippen molar-refractivity contribution in [2.24, 2.45) is 0 Å². The first kappa shape index (κ1) is 14.7. The summed E-state index contributed by atoms with van der Waals surface area (Å²) >= 11 is 13.9. The molecule has 2 nitrogen and oxygen atoms in total. The SMILES string of the molecule is CCNCc1cc(Cl)cc(Cl)c1OCc1ccsc1. The average molecular weight is 316 g/mol. The molecule has 0 amide bonds. The Morgan fingerprint density at radius 2 is 2.16 bits per heavy atom. The Hall–Kier alpha value is -0.740. The molecule has 0 aliphatic heterocycles. The summed E-state index contributed by atoms with van der Waals surface area (Å²) in [5, 5.41) is 8.53. The highest BCUT2D eigenvalue weighted by Gasteiger charge is 2.11. The Labute approximate surface area is 127 Å². The molecule has 0 aliphatic rings. The van der Waals surface area contributed by atoms with Gasteiger partial charge >= 0.3 is 0 Å². The van der Waals surface area contributed by atoms with E-state index in [1.54, 1.807) is 17.4 Å². The molecule has 19 heavy (non-hydrogen) atoms. The molecule has 5 heteroatoms. The molecule has 2 rings (SSSR count). The van der Waals surface area contributed by atoms with Gasteiger partial charge in [-0.05, 0) is 41.1 Å². The minimum atomic E-state index is 0.518. The highest BCUT2D eigenvalue weighted by molar-refractivity contribution is 7.07. The van der Waals surface area contributed by atoms with Gasteiger partial charge in [-0.2, -0.15) is 11.3 Å². The molecular weight excluding hydrogens is 301 g/mol. The van der Waals surface area contributed by atoms with Crippen LogP contribution in [0.4, 0.5) is 0 Å². The van der Waals surface area contributed by atoms with Crippen molar-refractivity contribution < 1.29 is 4.74 Å². The van der Waals surface area contributed by atoms with Crippen molar-refractivity contribution in [1.82, 2.24) is 5.32 Å². The molecule has 0 spiro atoms. The van der Waals surface area contributed by atoms with Crippen LogP contribution in [0.3, 0.4) is 0 Å². The van der Waals surface area contributed by atoms with Gasteiger partial charge in [-0.15, -0.1) is 0 Å². The molecule has 0 atom stereocenters. The minimum Gasteiger partial charge on any atom is -0.487 e. The maximum absolute atomic E-state index is 6.22. The number of benzene rings is 1. The van der Waals surface area contributed by atoms with E-state index in [1.807, 2.05) is 17.5 Å². The first-order valence-electron chi connectivity index (χ1n) is 6.03. The fraction of sp³-hybridized carbons (Fsp3) is 0.286. The lowest BCUT2D eigenvalue weighted by molar-refractivity contribution is 0.303. The van der Waals surface area contributed by atoms with Gasteiger partial charge in [0.15, 0.2) is 0 Å². The Bertz CT molecular complexity index is 528. The van der Waals surface area contributed by atoms with Crippen molar-refractivity contribution >= 4 is 34.5 Å². The molecule has 0 unspecified atom stereocenters. The summed E-state index contributed by atoms with van der Waals surface area (Å²) in [6, 6.07) is 5.64. The zero-order valence-corrected chi connectivity index (χ0v) is 12.9. The Morgan fingerprint density at radius 3 is 2.84 bits per heavy atom. The molecule has 1 N–H and O–H groups in total. The van der Waals surface area contributed by atoms with Gasteiger partial charge in [-0.3, -0.25) is 0 Å². The van der Waals surface area contributed by atoms with Crippen molar-refractivity contribution in [1.29, 1.82) is 0 Å². The standard InChI is InChI=1S/C14H15Cl2NOS/c1-2-17-7-11-5-12(15)6-13(16)14(11)18-8-10-3-4-19-9-10/h3-6,9,17H,2,7-8H2,1H3. The van der Waals surface area contributed by atoms with Crippen LogP contribution in [0.5, 0.6) is 5.75 Å². The second-order valence-corrected chi connectivity index (χ2v) is 5.70. The van der Waals surface area contributed by atoms with Crippen molar-refractivity contribution in [2.75, 3.05) is 6.54 Å². The molecular formula is C14H15Cl2NOS. The highest BCUT2D eigenvalue weighted by Crippen LogP contribution is 2.33. The van der Waals surface area contributed by atoms with Crippen LogP contribution in [-0.4, -0.2) is 6.54 Å². The van der Waals surface area contributed by atoms with E-state index in [-0.39, 0.29) is 0 Å². The second kappa shape index (κ2) is 7.15. The van der Waals surface area contributed by atoms with E-state index >= 15 is 0 Å². The fourth-order valence-electron chi connectivity index (χ4n) is 1.70. The first-order chi connectivity index (χ1) is 9.20. The predicted molar refractivity (Wildman–Crippen MR) is 82.5 cm³/mol. The molecule has 0 bridgehead atoms. The molecule has 1 heterocycles. The van der Waals surface area contributed by atoms with Gasteiger partial charge in [0.2, 0.25) is 0 Å². The van der Waals surface area contributed by atoms with Crippen LogP contribution in [0, 0.1) is 0 Å². The molecule has 2 aromatic rings. The van der Waals surface area contributed by atoms with Crippen molar-refractivity contribution in [3.63, 3.8) is 0 Å². The van der Waals surface area contributed by atoms with E-state index in [0.717, 1.165) is 17.7 Å². The molecule has 0 fully saturated rings. The summed E-state index contributed by atoms with van der Waals surface area (Å²) in [5.74, 6) is 0.707. The maximum atomic E-state index is 6.22. The molecule has 1 aromatic carbocycles. The van der Waals surface area contributed by atoms with Crippen LogP contribution in [-0.2, 0) is 13.2 Å². The van der Waals surface area contributed by atoms with E-state index in [9.17, 15) is 0 Å². The van der Waals surface area contributed by atoms with Crippen LogP contribution in [0.2, 0.25) is 10.0 Å². The quantitative estimate of drug-likeness (QED) is 0.831. The van der Waals surface area contributed by atoms with Gasteiger partial charge in [0.25, 0.3) is 0 Å². The Balaban J connectivity index is 2.16. The molecule has 0 saturated carbocycles. The van der Waals surface area contributed by atoms with Gasteiger partial charge in [0.05, 0.1) is 5.02 Å². The molecule has 1 aromatic heterocycles. The van der Waals surface area contributed by atoms with Gasteiger partial charge in [0.1, 0.15) is 12.4 Å². The van der Waals surface area contributed by atoms with Gasteiger partial charge in [-0.25, -0.2) is 0 Å². The Morgan fingerprint density at radius 1 is 1.32 bits per heavy atom. The summed E-state index contributed by atoms with van der Waals surface area (Å²) in [6.07, 6.45) is 0. The highest BCUT2D eigenvalue weighted by atomic mass is 35.5. The number of hydrogen-bond acceptors (Lipinski definition) is 3. The van der Waals surface area contributed by atoms with Crippen molar-refractivity contribution in [3.05, 3.63) is 50.1 Å². The Kier molecular flexibility index (Phi) is 5.52. The number of thiophene rings is 1. The van der Waals surface area contributed by atoms with Crippen LogP contribution < -0.4 is 10.1 Å². The minimum absolute atomic E-state index is 0.518. The maximum Gasteiger partial charge on any atom is 0.142 e. The normalized spacial score (nSPS) is 10.7. The average Bonchev–Trinajstić information content (AvgIpc) is 2.88. The lowest BCUT2D eigenvalue weighted by Crippen LogP contribution is -2.13. The first-order valence-corrected chi connectivity index (χ1v) is 7.73. The van der Waals surface area contributed by atoms with E-state index in [1.165, 1.54) is 0 Å². The van der Waals surface area contributed by atoms with Crippen molar-refractivity contribution in [2.45, 2.75) is 20.1 Å². The van der Waals surface area contributed by atoms with E-state index < -0.39 is 0 Å². The number of rotatable bonds is 6. The fourth-order valence-corrected chi connectivity index (χ4v) is 2.94. The topological polar surface area (TPSA) is 21.3 Å². The number of halogens is 2. The summed E-state index contributed by atoms with van der Waals surface area (Å²) in [7, 11) is 0. The van der Waals surface area contributed by atoms with Crippen LogP contribution in [0.1, 0.15) is 18.1 Å². The summed E-state index contributed by atoms with van der Waals surface area (Å²) < 4.78 is 5.84. The third-order valence-electron chi connectivity index (χ3n) is 2.61.